The van der Waals surface area contributed by atoms with Gasteiger partial charge < -0.3 is 14.6 Å². The quantitative estimate of drug-likeness (QED) is 0.902. The van der Waals surface area contributed by atoms with E-state index in [4.69, 9.17) is 26.2 Å². The number of fused-ring (bicyclic) bond motifs is 1. The standard InChI is InChI=1S/C12H13ClO4/c1-2-7-8(5-11(14)15)9(13)6-10-12(7)17-4-3-16-10/h6H,2-5H2,1H3,(H,14,15). The second kappa shape index (κ2) is 4.84. The number of halogens is 1. The Hall–Kier alpha value is -1.42. The molecular formula is C12H13ClO4. The van der Waals surface area contributed by atoms with E-state index in [-0.39, 0.29) is 6.42 Å². The van der Waals surface area contributed by atoms with Crippen molar-refractivity contribution < 1.29 is 19.4 Å². The molecule has 1 aromatic carbocycles. The minimum absolute atomic E-state index is 0.0986. The Morgan fingerprint density at radius 3 is 2.76 bits per heavy atom. The lowest BCUT2D eigenvalue weighted by Crippen LogP contribution is -2.18. The molecule has 1 N–H and O–H groups in total. The van der Waals surface area contributed by atoms with Crippen LogP contribution in [0.5, 0.6) is 11.5 Å². The minimum atomic E-state index is -0.904. The van der Waals surface area contributed by atoms with Crippen LogP contribution in [0.15, 0.2) is 6.07 Å². The van der Waals surface area contributed by atoms with E-state index in [9.17, 15) is 4.79 Å². The maximum atomic E-state index is 10.8. The zero-order valence-corrected chi connectivity index (χ0v) is 10.2. The van der Waals surface area contributed by atoms with Gasteiger partial charge in [0.25, 0.3) is 0 Å². The van der Waals surface area contributed by atoms with Crippen LogP contribution in [0.25, 0.3) is 0 Å². The monoisotopic (exact) mass is 256 g/mol. The first-order valence-electron chi connectivity index (χ1n) is 5.45. The third kappa shape index (κ3) is 2.31. The fraction of sp³-hybridized carbons (Fsp3) is 0.417. The maximum Gasteiger partial charge on any atom is 0.307 e. The second-order valence-electron chi connectivity index (χ2n) is 3.76. The molecule has 92 valence electrons. The zero-order chi connectivity index (χ0) is 12.4. The third-order valence-electron chi connectivity index (χ3n) is 2.68. The minimum Gasteiger partial charge on any atom is -0.486 e. The largest absolute Gasteiger partial charge is 0.486 e. The number of hydrogen-bond donors (Lipinski definition) is 1. The molecule has 1 aliphatic rings. The van der Waals surface area contributed by atoms with Crippen molar-refractivity contribution in [3.63, 3.8) is 0 Å². The summed E-state index contributed by atoms with van der Waals surface area (Å²) in [5.74, 6) is 0.338. The van der Waals surface area contributed by atoms with Crippen molar-refractivity contribution >= 4 is 17.6 Å². The molecule has 0 bridgehead atoms. The number of carboxylic acid groups (broad SMARTS) is 1. The molecule has 0 aromatic heterocycles. The van der Waals surface area contributed by atoms with Gasteiger partial charge in [-0.2, -0.15) is 0 Å². The summed E-state index contributed by atoms with van der Waals surface area (Å²) in [4.78, 5) is 10.8. The highest BCUT2D eigenvalue weighted by molar-refractivity contribution is 6.31. The van der Waals surface area contributed by atoms with E-state index >= 15 is 0 Å². The molecule has 0 fully saturated rings. The Kier molecular flexibility index (Phi) is 3.43. The Balaban J connectivity index is 2.54. The number of aliphatic carboxylic acids is 1. The van der Waals surface area contributed by atoms with E-state index < -0.39 is 5.97 Å². The predicted molar refractivity (Wildman–Crippen MR) is 63.2 cm³/mol. The van der Waals surface area contributed by atoms with Crippen LogP contribution in [0.1, 0.15) is 18.1 Å². The van der Waals surface area contributed by atoms with Crippen molar-refractivity contribution in [2.24, 2.45) is 0 Å². The predicted octanol–water partition coefficient (Wildman–Crippen LogP) is 2.30. The van der Waals surface area contributed by atoms with Gasteiger partial charge >= 0.3 is 5.97 Å². The second-order valence-corrected chi connectivity index (χ2v) is 4.17. The summed E-state index contributed by atoms with van der Waals surface area (Å²) in [6.45, 7) is 2.91. The maximum absolute atomic E-state index is 10.8. The molecule has 1 aliphatic heterocycles. The van der Waals surface area contributed by atoms with E-state index in [2.05, 4.69) is 0 Å². The number of ether oxygens (including phenoxy) is 2. The number of benzene rings is 1. The first kappa shape index (κ1) is 12.0. The van der Waals surface area contributed by atoms with Crippen LogP contribution in [0.4, 0.5) is 0 Å². The van der Waals surface area contributed by atoms with Crippen LogP contribution in [0.3, 0.4) is 0 Å². The lowest BCUT2D eigenvalue weighted by molar-refractivity contribution is -0.136. The Labute approximate surface area is 104 Å². The van der Waals surface area contributed by atoms with E-state index in [1.165, 1.54) is 0 Å². The van der Waals surface area contributed by atoms with Gasteiger partial charge in [0.15, 0.2) is 11.5 Å². The molecule has 0 atom stereocenters. The van der Waals surface area contributed by atoms with Gasteiger partial charge in [-0.05, 0) is 12.0 Å². The first-order valence-corrected chi connectivity index (χ1v) is 5.83. The molecule has 0 aliphatic carbocycles. The SMILES string of the molecule is CCc1c(CC(=O)O)c(Cl)cc2c1OCCO2. The number of hydrogen-bond acceptors (Lipinski definition) is 3. The summed E-state index contributed by atoms with van der Waals surface area (Å²) >= 11 is 6.09. The average Bonchev–Trinajstić information content (AvgIpc) is 2.29. The van der Waals surface area contributed by atoms with Crippen molar-refractivity contribution in [1.82, 2.24) is 0 Å². The van der Waals surface area contributed by atoms with Crippen LogP contribution in [0.2, 0.25) is 5.02 Å². The van der Waals surface area contributed by atoms with E-state index in [1.54, 1.807) is 6.07 Å². The van der Waals surface area contributed by atoms with Crippen LogP contribution < -0.4 is 9.47 Å². The van der Waals surface area contributed by atoms with E-state index in [0.717, 1.165) is 5.56 Å². The van der Waals surface area contributed by atoms with Crippen molar-refractivity contribution in [1.29, 1.82) is 0 Å². The van der Waals surface area contributed by atoms with Gasteiger partial charge in [0, 0.05) is 16.7 Å². The normalized spacial score (nSPS) is 13.5. The molecule has 0 spiro atoms. The number of carboxylic acids is 1. The van der Waals surface area contributed by atoms with Gasteiger partial charge in [-0.15, -0.1) is 0 Å². The number of carbonyl (C=O) groups is 1. The topological polar surface area (TPSA) is 55.8 Å². The lowest BCUT2D eigenvalue weighted by atomic mass is 10.00. The summed E-state index contributed by atoms with van der Waals surface area (Å²) in [5.41, 5.74) is 1.44. The molecule has 1 heterocycles. The van der Waals surface area contributed by atoms with Crippen molar-refractivity contribution in [2.75, 3.05) is 13.2 Å². The fourth-order valence-corrected chi connectivity index (χ4v) is 2.25. The molecular weight excluding hydrogens is 244 g/mol. The average molecular weight is 257 g/mol. The first-order chi connectivity index (χ1) is 8.13. The summed E-state index contributed by atoms with van der Waals surface area (Å²) in [5, 5.41) is 9.31. The van der Waals surface area contributed by atoms with Gasteiger partial charge in [0.1, 0.15) is 13.2 Å². The molecule has 0 saturated carbocycles. The molecule has 5 heteroatoms. The van der Waals surface area contributed by atoms with Gasteiger partial charge in [0.05, 0.1) is 6.42 Å². The molecule has 0 amide bonds. The van der Waals surface area contributed by atoms with Crippen LogP contribution >= 0.6 is 11.6 Å². The van der Waals surface area contributed by atoms with Gasteiger partial charge in [-0.3, -0.25) is 4.79 Å². The molecule has 17 heavy (non-hydrogen) atoms. The van der Waals surface area contributed by atoms with Crippen LogP contribution in [-0.4, -0.2) is 24.3 Å². The molecule has 1 aromatic rings. The Bertz CT molecular complexity index is 456. The van der Waals surface area contributed by atoms with Crippen LogP contribution in [0, 0.1) is 0 Å². The summed E-state index contributed by atoms with van der Waals surface area (Å²) in [6.07, 6.45) is 0.563. The Morgan fingerprint density at radius 1 is 1.41 bits per heavy atom. The smallest absolute Gasteiger partial charge is 0.307 e. The van der Waals surface area contributed by atoms with Gasteiger partial charge in [0.2, 0.25) is 0 Å². The highest BCUT2D eigenvalue weighted by Gasteiger charge is 2.22. The summed E-state index contributed by atoms with van der Waals surface area (Å²) in [6, 6.07) is 1.63. The van der Waals surface area contributed by atoms with E-state index in [1.807, 2.05) is 6.92 Å². The van der Waals surface area contributed by atoms with Crippen LogP contribution in [-0.2, 0) is 17.6 Å². The van der Waals surface area contributed by atoms with E-state index in [0.29, 0.717) is 41.7 Å². The highest BCUT2D eigenvalue weighted by atomic mass is 35.5. The van der Waals surface area contributed by atoms with Gasteiger partial charge in [-0.25, -0.2) is 0 Å². The summed E-state index contributed by atoms with van der Waals surface area (Å²) < 4.78 is 11.0. The highest BCUT2D eigenvalue weighted by Crippen LogP contribution is 2.40. The fourth-order valence-electron chi connectivity index (χ4n) is 1.97. The lowest BCUT2D eigenvalue weighted by Gasteiger charge is -2.23. The molecule has 0 radical (unpaired) electrons. The molecule has 0 saturated heterocycles. The van der Waals surface area contributed by atoms with Gasteiger partial charge in [-0.1, -0.05) is 18.5 Å². The molecule has 0 unspecified atom stereocenters. The van der Waals surface area contributed by atoms with Crippen molar-refractivity contribution in [2.45, 2.75) is 19.8 Å². The molecule has 2 rings (SSSR count). The third-order valence-corrected chi connectivity index (χ3v) is 3.01. The van der Waals surface area contributed by atoms with Crippen molar-refractivity contribution in [3.8, 4) is 11.5 Å². The summed E-state index contributed by atoms with van der Waals surface area (Å²) in [7, 11) is 0. The zero-order valence-electron chi connectivity index (χ0n) is 9.46. The Morgan fingerprint density at radius 2 is 2.12 bits per heavy atom. The molecule has 4 nitrogen and oxygen atoms in total. The number of rotatable bonds is 3. The van der Waals surface area contributed by atoms with Crippen molar-refractivity contribution in [3.05, 3.63) is 22.2 Å².